The van der Waals surface area contributed by atoms with Crippen LogP contribution in [0.3, 0.4) is 0 Å². The van der Waals surface area contributed by atoms with Gasteiger partial charge in [-0.1, -0.05) is 0 Å². The molecule has 2 rings (SSSR count). The number of rotatable bonds is 1. The molecule has 2 fully saturated rings. The average Bonchev–Trinajstić information content (AvgIpc) is 1.86. The summed E-state index contributed by atoms with van der Waals surface area (Å²) in [4.78, 5) is 2.54. The van der Waals surface area contributed by atoms with Crippen LogP contribution in [0.25, 0.3) is 0 Å². The molecule has 0 aromatic rings. The molecule has 0 bridgehead atoms. The molecule has 2 heteroatoms. The van der Waals surface area contributed by atoms with Crippen LogP contribution in [0.15, 0.2) is 0 Å². The van der Waals surface area contributed by atoms with Gasteiger partial charge in [-0.2, -0.15) is 0 Å². The second-order valence-electron chi connectivity index (χ2n) is 3.26. The van der Waals surface area contributed by atoms with Gasteiger partial charge in [-0.25, -0.2) is 0 Å². The highest BCUT2D eigenvalue weighted by atomic mass is 16.5. The zero-order valence-corrected chi connectivity index (χ0v) is 6.38. The second-order valence-corrected chi connectivity index (χ2v) is 3.26. The van der Waals surface area contributed by atoms with Gasteiger partial charge in [-0.15, -0.1) is 0 Å². The van der Waals surface area contributed by atoms with Gasteiger partial charge in [0.1, 0.15) is 0 Å². The fraction of sp³-hybridized carbons (Fsp3) is 1.00. The maximum absolute atomic E-state index is 5.40. The van der Waals surface area contributed by atoms with Gasteiger partial charge in [-0.05, 0) is 32.4 Å². The Morgan fingerprint density at radius 3 is 2.60 bits per heavy atom. The van der Waals surface area contributed by atoms with Gasteiger partial charge in [0.2, 0.25) is 0 Å². The van der Waals surface area contributed by atoms with Gasteiger partial charge in [0.05, 0.1) is 6.61 Å². The van der Waals surface area contributed by atoms with Crippen molar-refractivity contribution >= 4 is 0 Å². The second kappa shape index (κ2) is 2.89. The summed E-state index contributed by atoms with van der Waals surface area (Å²) in [5, 5.41) is 0. The first-order chi connectivity index (χ1) is 4.97. The molecule has 0 aliphatic carbocycles. The van der Waals surface area contributed by atoms with E-state index in [0.29, 0.717) is 0 Å². The van der Waals surface area contributed by atoms with E-state index in [1.165, 1.54) is 32.4 Å². The molecule has 1 atom stereocenters. The lowest BCUT2D eigenvalue weighted by Gasteiger charge is -2.39. The van der Waals surface area contributed by atoms with E-state index in [1.54, 1.807) is 0 Å². The average molecular weight is 141 g/mol. The topological polar surface area (TPSA) is 12.5 Å². The predicted molar refractivity (Wildman–Crippen MR) is 40.0 cm³/mol. The molecule has 0 spiro atoms. The minimum atomic E-state index is 0.766. The Hall–Kier alpha value is -0.0800. The molecule has 2 heterocycles. The summed E-state index contributed by atoms with van der Waals surface area (Å²) in [6.45, 7) is 4.60. The van der Waals surface area contributed by atoms with Gasteiger partial charge < -0.3 is 4.74 Å². The third kappa shape index (κ3) is 1.18. The monoisotopic (exact) mass is 141 g/mol. The quantitative estimate of drug-likeness (QED) is 0.537. The highest BCUT2D eigenvalue weighted by Gasteiger charge is 2.25. The van der Waals surface area contributed by atoms with Crippen LogP contribution in [-0.4, -0.2) is 37.2 Å². The van der Waals surface area contributed by atoms with Gasteiger partial charge in [-0.3, -0.25) is 4.90 Å². The van der Waals surface area contributed by atoms with Crippen LogP contribution in [0.1, 0.15) is 19.3 Å². The summed E-state index contributed by atoms with van der Waals surface area (Å²) < 4.78 is 5.40. The number of nitrogens with zero attached hydrogens (tertiary/aromatic N) is 1. The van der Waals surface area contributed by atoms with Crippen LogP contribution in [0.5, 0.6) is 0 Å². The van der Waals surface area contributed by atoms with Crippen molar-refractivity contribution in [3.8, 4) is 0 Å². The van der Waals surface area contributed by atoms with Crippen LogP contribution < -0.4 is 0 Å². The molecule has 2 saturated heterocycles. The van der Waals surface area contributed by atoms with E-state index < -0.39 is 0 Å². The molecule has 0 amide bonds. The van der Waals surface area contributed by atoms with Crippen molar-refractivity contribution in [2.45, 2.75) is 25.3 Å². The molecule has 1 unspecified atom stereocenters. The van der Waals surface area contributed by atoms with Crippen LogP contribution in [0, 0.1) is 0 Å². The Labute approximate surface area is 62.2 Å². The molecule has 0 radical (unpaired) electrons. The minimum Gasteiger partial charge on any atom is -0.380 e. The van der Waals surface area contributed by atoms with Crippen molar-refractivity contribution < 1.29 is 4.74 Å². The maximum atomic E-state index is 5.40. The minimum absolute atomic E-state index is 0.766. The Bertz CT molecular complexity index is 106. The van der Waals surface area contributed by atoms with Crippen LogP contribution in [0.4, 0.5) is 0 Å². The first-order valence-corrected chi connectivity index (χ1v) is 4.28. The van der Waals surface area contributed by atoms with Gasteiger partial charge in [0.15, 0.2) is 0 Å². The van der Waals surface area contributed by atoms with E-state index in [-0.39, 0.29) is 0 Å². The van der Waals surface area contributed by atoms with Crippen molar-refractivity contribution in [1.82, 2.24) is 4.90 Å². The Morgan fingerprint density at radius 2 is 2.10 bits per heavy atom. The summed E-state index contributed by atoms with van der Waals surface area (Å²) in [5.74, 6) is 0. The Balaban J connectivity index is 1.78. The van der Waals surface area contributed by atoms with E-state index >= 15 is 0 Å². The molecular formula is C8H15NO. The van der Waals surface area contributed by atoms with Crippen molar-refractivity contribution in [2.24, 2.45) is 0 Å². The smallest absolute Gasteiger partial charge is 0.0621 e. The van der Waals surface area contributed by atoms with Crippen LogP contribution in [-0.2, 0) is 4.74 Å². The lowest BCUT2D eigenvalue weighted by atomic mass is 10.0. The zero-order valence-electron chi connectivity index (χ0n) is 6.38. The molecular weight excluding hydrogens is 126 g/mol. The standard InChI is InChI=1S/C8H15NO/c1-3-8(7-10-6-1)9-4-2-5-9/h8H,1-7H2. The van der Waals surface area contributed by atoms with Crippen molar-refractivity contribution in [3.05, 3.63) is 0 Å². The highest BCUT2D eigenvalue weighted by Crippen LogP contribution is 2.18. The first-order valence-electron chi connectivity index (χ1n) is 4.28. The third-order valence-electron chi connectivity index (χ3n) is 2.54. The molecule has 2 nitrogen and oxygen atoms in total. The van der Waals surface area contributed by atoms with Crippen LogP contribution in [0.2, 0.25) is 0 Å². The van der Waals surface area contributed by atoms with Crippen LogP contribution >= 0.6 is 0 Å². The van der Waals surface area contributed by atoms with Crippen molar-refractivity contribution in [2.75, 3.05) is 26.3 Å². The third-order valence-corrected chi connectivity index (χ3v) is 2.54. The Morgan fingerprint density at radius 1 is 1.20 bits per heavy atom. The normalized spacial score (nSPS) is 35.4. The highest BCUT2D eigenvalue weighted by molar-refractivity contribution is 4.79. The number of hydrogen-bond donors (Lipinski definition) is 0. The molecule has 0 aromatic heterocycles. The number of ether oxygens (including phenoxy) is 1. The Kier molecular flexibility index (Phi) is 1.91. The van der Waals surface area contributed by atoms with Gasteiger partial charge in [0.25, 0.3) is 0 Å². The van der Waals surface area contributed by atoms with E-state index in [0.717, 1.165) is 19.3 Å². The largest absolute Gasteiger partial charge is 0.380 e. The van der Waals surface area contributed by atoms with Gasteiger partial charge in [0, 0.05) is 12.6 Å². The molecule has 2 aliphatic heterocycles. The molecule has 58 valence electrons. The molecule has 0 aromatic carbocycles. The van der Waals surface area contributed by atoms with E-state index in [2.05, 4.69) is 4.90 Å². The van der Waals surface area contributed by atoms with Gasteiger partial charge >= 0.3 is 0 Å². The molecule has 10 heavy (non-hydrogen) atoms. The van der Waals surface area contributed by atoms with E-state index in [1.807, 2.05) is 0 Å². The van der Waals surface area contributed by atoms with E-state index in [9.17, 15) is 0 Å². The lowest BCUT2D eigenvalue weighted by Crippen LogP contribution is -2.48. The molecule has 0 saturated carbocycles. The zero-order chi connectivity index (χ0) is 6.81. The fourth-order valence-electron chi connectivity index (χ4n) is 1.72. The summed E-state index contributed by atoms with van der Waals surface area (Å²) in [5.41, 5.74) is 0. The maximum Gasteiger partial charge on any atom is 0.0621 e. The van der Waals surface area contributed by atoms with E-state index in [4.69, 9.17) is 4.74 Å². The summed E-state index contributed by atoms with van der Waals surface area (Å²) in [7, 11) is 0. The fourth-order valence-corrected chi connectivity index (χ4v) is 1.72. The first kappa shape index (κ1) is 6.62. The molecule has 2 aliphatic rings. The molecule has 0 N–H and O–H groups in total. The predicted octanol–water partition coefficient (Wildman–Crippen LogP) is 0.871. The lowest BCUT2D eigenvalue weighted by molar-refractivity contribution is -0.00582. The summed E-state index contributed by atoms with van der Waals surface area (Å²) >= 11 is 0. The SMILES string of the molecule is C1COCC(N2CCC2)C1. The van der Waals surface area contributed by atoms with Crippen molar-refractivity contribution in [3.63, 3.8) is 0 Å². The summed E-state index contributed by atoms with van der Waals surface area (Å²) in [6, 6.07) is 0.766. The number of hydrogen-bond acceptors (Lipinski definition) is 2. The number of likely N-dealkylation sites (tertiary alicyclic amines) is 1. The summed E-state index contributed by atoms with van der Waals surface area (Å²) in [6.07, 6.45) is 4.03. The van der Waals surface area contributed by atoms with Crippen molar-refractivity contribution in [1.29, 1.82) is 0 Å².